The quantitative estimate of drug-likeness (QED) is 0.478. The molecule has 1 aromatic heterocycles. The molecule has 1 fully saturated rings. The van der Waals surface area contributed by atoms with Gasteiger partial charge in [0, 0.05) is 30.5 Å². The van der Waals surface area contributed by atoms with E-state index in [1.54, 1.807) is 4.90 Å². The standard InChI is InChI=1S/C26H27N5O/c32-26(27-17-20-7-9-21(10-8-20)18-30-15-3-4-16-30)23-13-11-22(12-14-23)19-31-25-6-2-1-5-24(25)28-29-31/h1-2,5-14H,3-4,15-19H2,(H,27,32)/p+1. The van der Waals surface area contributed by atoms with Crippen LogP contribution in [0.4, 0.5) is 0 Å². The summed E-state index contributed by atoms with van der Waals surface area (Å²) < 4.78 is 1.87. The number of para-hydroxylation sites is 1. The molecule has 0 aliphatic carbocycles. The molecule has 0 saturated carbocycles. The Bertz CT molecular complexity index is 1190. The topological polar surface area (TPSA) is 64.2 Å². The van der Waals surface area contributed by atoms with E-state index in [4.69, 9.17) is 0 Å². The van der Waals surface area contributed by atoms with Gasteiger partial charge in [-0.3, -0.25) is 4.79 Å². The van der Waals surface area contributed by atoms with Crippen LogP contribution in [-0.2, 0) is 19.6 Å². The molecule has 5 rings (SSSR count). The van der Waals surface area contributed by atoms with E-state index in [9.17, 15) is 4.79 Å². The van der Waals surface area contributed by atoms with Crippen molar-refractivity contribution in [2.45, 2.75) is 32.5 Å². The van der Waals surface area contributed by atoms with E-state index in [0.29, 0.717) is 18.7 Å². The van der Waals surface area contributed by atoms with E-state index in [0.717, 1.165) is 28.7 Å². The first-order chi connectivity index (χ1) is 15.7. The normalized spacial score (nSPS) is 14.1. The zero-order valence-electron chi connectivity index (χ0n) is 18.1. The molecule has 6 nitrogen and oxygen atoms in total. The Hall–Kier alpha value is -3.51. The van der Waals surface area contributed by atoms with Gasteiger partial charge in [0.2, 0.25) is 0 Å². The van der Waals surface area contributed by atoms with Crippen LogP contribution in [0.15, 0.2) is 72.8 Å². The lowest BCUT2D eigenvalue weighted by Gasteiger charge is -2.12. The van der Waals surface area contributed by atoms with Crippen LogP contribution in [0.1, 0.15) is 39.9 Å². The highest BCUT2D eigenvalue weighted by Crippen LogP contribution is 2.13. The predicted molar refractivity (Wildman–Crippen MR) is 124 cm³/mol. The first kappa shape index (κ1) is 20.4. The zero-order valence-corrected chi connectivity index (χ0v) is 18.1. The van der Waals surface area contributed by atoms with Crippen molar-refractivity contribution in [2.24, 2.45) is 0 Å². The number of amides is 1. The summed E-state index contributed by atoms with van der Waals surface area (Å²) in [5, 5.41) is 11.4. The van der Waals surface area contributed by atoms with E-state index in [1.165, 1.54) is 31.5 Å². The van der Waals surface area contributed by atoms with Crippen molar-refractivity contribution < 1.29 is 9.69 Å². The number of likely N-dealkylation sites (tertiary alicyclic amines) is 1. The lowest BCUT2D eigenvalue weighted by Crippen LogP contribution is -3.08. The minimum atomic E-state index is -0.0617. The third-order valence-corrected chi connectivity index (χ3v) is 6.21. The molecule has 0 atom stereocenters. The molecule has 1 aliphatic rings. The first-order valence-corrected chi connectivity index (χ1v) is 11.3. The van der Waals surface area contributed by atoms with Crippen molar-refractivity contribution in [1.29, 1.82) is 0 Å². The molecule has 0 radical (unpaired) electrons. The average Bonchev–Trinajstić information content (AvgIpc) is 3.49. The van der Waals surface area contributed by atoms with Crippen molar-refractivity contribution >= 4 is 16.9 Å². The second-order valence-corrected chi connectivity index (χ2v) is 8.57. The van der Waals surface area contributed by atoms with Gasteiger partial charge in [0.25, 0.3) is 5.91 Å². The highest BCUT2D eigenvalue weighted by molar-refractivity contribution is 5.94. The van der Waals surface area contributed by atoms with Gasteiger partial charge in [0.05, 0.1) is 25.2 Å². The average molecular weight is 427 g/mol. The molecule has 1 amide bonds. The van der Waals surface area contributed by atoms with Crippen LogP contribution < -0.4 is 10.2 Å². The molecule has 1 aliphatic heterocycles. The molecule has 2 N–H and O–H groups in total. The number of fused-ring (bicyclic) bond motifs is 1. The van der Waals surface area contributed by atoms with Crippen LogP contribution in [0.25, 0.3) is 11.0 Å². The fourth-order valence-electron chi connectivity index (χ4n) is 4.37. The zero-order chi connectivity index (χ0) is 21.8. The Morgan fingerprint density at radius 3 is 2.34 bits per heavy atom. The Morgan fingerprint density at radius 1 is 0.875 bits per heavy atom. The van der Waals surface area contributed by atoms with Gasteiger partial charge < -0.3 is 10.2 Å². The van der Waals surface area contributed by atoms with E-state index >= 15 is 0 Å². The Labute approximate surface area is 187 Å². The molecule has 0 bridgehead atoms. The van der Waals surface area contributed by atoms with Crippen molar-refractivity contribution in [3.05, 3.63) is 95.1 Å². The van der Waals surface area contributed by atoms with Gasteiger partial charge in [-0.1, -0.05) is 53.7 Å². The lowest BCUT2D eigenvalue weighted by molar-refractivity contribution is -0.901. The van der Waals surface area contributed by atoms with Gasteiger partial charge in [-0.25, -0.2) is 4.68 Å². The number of aromatic nitrogens is 3. The molecular weight excluding hydrogens is 398 g/mol. The van der Waals surface area contributed by atoms with Crippen LogP contribution in [0, 0.1) is 0 Å². The number of quaternary nitrogens is 1. The maximum absolute atomic E-state index is 12.6. The fraction of sp³-hybridized carbons (Fsp3) is 0.269. The largest absolute Gasteiger partial charge is 0.348 e. The van der Waals surface area contributed by atoms with Crippen LogP contribution in [0.2, 0.25) is 0 Å². The van der Waals surface area contributed by atoms with E-state index in [2.05, 4.69) is 39.9 Å². The SMILES string of the molecule is O=C(NCc1ccc(C[NH+]2CCCC2)cc1)c1ccc(Cn2nnc3ccccc32)cc1. The monoisotopic (exact) mass is 426 g/mol. The molecule has 32 heavy (non-hydrogen) atoms. The summed E-state index contributed by atoms with van der Waals surface area (Å²) in [7, 11) is 0. The van der Waals surface area contributed by atoms with E-state index in [-0.39, 0.29) is 5.91 Å². The summed E-state index contributed by atoms with van der Waals surface area (Å²) in [6.45, 7) is 4.82. The molecule has 1 saturated heterocycles. The van der Waals surface area contributed by atoms with Gasteiger partial charge in [0.15, 0.2) is 0 Å². The molecule has 162 valence electrons. The van der Waals surface area contributed by atoms with Gasteiger partial charge in [0.1, 0.15) is 12.1 Å². The van der Waals surface area contributed by atoms with Gasteiger partial charge in [-0.15, -0.1) is 5.10 Å². The van der Waals surface area contributed by atoms with Crippen molar-refractivity contribution in [1.82, 2.24) is 20.3 Å². The predicted octanol–water partition coefficient (Wildman–Crippen LogP) is 2.59. The van der Waals surface area contributed by atoms with Gasteiger partial charge >= 0.3 is 0 Å². The summed E-state index contributed by atoms with van der Waals surface area (Å²) in [6, 6.07) is 24.2. The lowest BCUT2D eigenvalue weighted by atomic mass is 10.1. The molecular formula is C26H28N5O+. The maximum Gasteiger partial charge on any atom is 0.251 e. The minimum Gasteiger partial charge on any atom is -0.348 e. The Balaban J connectivity index is 1.15. The number of hydrogen-bond acceptors (Lipinski definition) is 3. The fourth-order valence-corrected chi connectivity index (χ4v) is 4.37. The molecule has 0 spiro atoms. The van der Waals surface area contributed by atoms with Gasteiger partial charge in [-0.05, 0) is 35.4 Å². The third-order valence-electron chi connectivity index (χ3n) is 6.21. The highest BCUT2D eigenvalue weighted by atomic mass is 16.1. The van der Waals surface area contributed by atoms with Crippen LogP contribution >= 0.6 is 0 Å². The number of nitrogens with one attached hydrogen (secondary N) is 2. The Kier molecular flexibility index (Phi) is 5.94. The van der Waals surface area contributed by atoms with E-state index in [1.807, 2.05) is 53.2 Å². The van der Waals surface area contributed by atoms with Crippen molar-refractivity contribution in [2.75, 3.05) is 13.1 Å². The van der Waals surface area contributed by atoms with Crippen molar-refractivity contribution in [3.63, 3.8) is 0 Å². The minimum absolute atomic E-state index is 0.0617. The summed E-state index contributed by atoms with van der Waals surface area (Å²) >= 11 is 0. The number of carbonyl (C=O) groups is 1. The Morgan fingerprint density at radius 2 is 1.56 bits per heavy atom. The number of rotatable bonds is 7. The number of carbonyl (C=O) groups excluding carboxylic acids is 1. The summed E-state index contributed by atoms with van der Waals surface area (Å²) in [5.41, 5.74) is 6.11. The third kappa shape index (κ3) is 4.70. The van der Waals surface area contributed by atoms with Crippen LogP contribution in [-0.4, -0.2) is 34.0 Å². The molecule has 2 heterocycles. The summed E-state index contributed by atoms with van der Waals surface area (Å²) in [6.07, 6.45) is 2.69. The second kappa shape index (κ2) is 9.32. The van der Waals surface area contributed by atoms with Crippen molar-refractivity contribution in [3.8, 4) is 0 Å². The van der Waals surface area contributed by atoms with Crippen LogP contribution in [0.5, 0.6) is 0 Å². The highest BCUT2D eigenvalue weighted by Gasteiger charge is 2.15. The molecule has 6 heteroatoms. The summed E-state index contributed by atoms with van der Waals surface area (Å²) in [4.78, 5) is 14.2. The smallest absolute Gasteiger partial charge is 0.251 e. The second-order valence-electron chi connectivity index (χ2n) is 8.57. The first-order valence-electron chi connectivity index (χ1n) is 11.3. The molecule has 0 unspecified atom stereocenters. The number of nitrogens with zero attached hydrogens (tertiary/aromatic N) is 3. The van der Waals surface area contributed by atoms with Gasteiger partial charge in [-0.2, -0.15) is 0 Å². The van der Waals surface area contributed by atoms with E-state index < -0.39 is 0 Å². The number of hydrogen-bond donors (Lipinski definition) is 2. The summed E-state index contributed by atoms with van der Waals surface area (Å²) in [5.74, 6) is -0.0617. The molecule has 4 aromatic rings. The number of benzene rings is 3. The van der Waals surface area contributed by atoms with Crippen LogP contribution in [0.3, 0.4) is 0 Å². The molecule has 3 aromatic carbocycles. The maximum atomic E-state index is 12.6.